The van der Waals surface area contributed by atoms with Crippen molar-refractivity contribution in [1.29, 1.82) is 0 Å². The molecule has 3 aromatic rings. The van der Waals surface area contributed by atoms with Crippen LogP contribution in [0.4, 0.5) is 0 Å². The molecule has 0 aliphatic heterocycles. The standard InChI is InChI=1S/C24H22N2O2/c1-18(20-13-7-3-8-14-20)25-24(28)22(17-19-11-5-2-6-12-19)26-23(27)21-15-9-4-10-16-21/h2-18H,1H3,(H,25,28)(H,26,27)/b22-17-/t18-/m0/s1. The smallest absolute Gasteiger partial charge is 0.268 e. The summed E-state index contributed by atoms with van der Waals surface area (Å²) in [5.74, 6) is -0.671. The zero-order valence-corrected chi connectivity index (χ0v) is 15.6. The Morgan fingerprint density at radius 3 is 1.93 bits per heavy atom. The van der Waals surface area contributed by atoms with Crippen LogP contribution in [0.15, 0.2) is 96.7 Å². The Bertz CT molecular complexity index is 952. The molecular weight excluding hydrogens is 348 g/mol. The van der Waals surface area contributed by atoms with E-state index in [0.29, 0.717) is 5.56 Å². The zero-order chi connectivity index (χ0) is 19.8. The molecule has 0 saturated carbocycles. The van der Waals surface area contributed by atoms with Gasteiger partial charge in [-0.05, 0) is 36.3 Å². The molecule has 2 amide bonds. The van der Waals surface area contributed by atoms with Crippen molar-refractivity contribution in [1.82, 2.24) is 10.6 Å². The van der Waals surface area contributed by atoms with Crippen molar-refractivity contribution in [3.63, 3.8) is 0 Å². The highest BCUT2D eigenvalue weighted by atomic mass is 16.2. The van der Waals surface area contributed by atoms with Gasteiger partial charge >= 0.3 is 0 Å². The average molecular weight is 370 g/mol. The van der Waals surface area contributed by atoms with Crippen LogP contribution in [-0.4, -0.2) is 11.8 Å². The first-order chi connectivity index (χ1) is 13.6. The summed E-state index contributed by atoms with van der Waals surface area (Å²) in [6.07, 6.45) is 1.67. The summed E-state index contributed by atoms with van der Waals surface area (Å²) in [7, 11) is 0. The van der Waals surface area contributed by atoms with Gasteiger partial charge in [-0.15, -0.1) is 0 Å². The minimum absolute atomic E-state index is 0.193. The van der Waals surface area contributed by atoms with Gasteiger partial charge in [0.2, 0.25) is 0 Å². The largest absolute Gasteiger partial charge is 0.344 e. The Labute approximate surface area is 164 Å². The second-order valence-electron chi connectivity index (χ2n) is 6.39. The maximum Gasteiger partial charge on any atom is 0.268 e. The number of amides is 2. The summed E-state index contributed by atoms with van der Waals surface area (Å²) in [6, 6.07) is 27.7. The fourth-order valence-corrected chi connectivity index (χ4v) is 2.76. The molecule has 0 radical (unpaired) electrons. The molecule has 0 aliphatic rings. The monoisotopic (exact) mass is 370 g/mol. The molecule has 0 saturated heterocycles. The van der Waals surface area contributed by atoms with Gasteiger partial charge in [0.25, 0.3) is 11.8 Å². The van der Waals surface area contributed by atoms with Crippen LogP contribution in [0.1, 0.15) is 34.5 Å². The molecule has 1 atom stereocenters. The topological polar surface area (TPSA) is 58.2 Å². The molecule has 2 N–H and O–H groups in total. The van der Waals surface area contributed by atoms with E-state index in [0.717, 1.165) is 11.1 Å². The lowest BCUT2D eigenvalue weighted by molar-refractivity contribution is -0.118. The zero-order valence-electron chi connectivity index (χ0n) is 15.6. The van der Waals surface area contributed by atoms with Crippen molar-refractivity contribution in [2.75, 3.05) is 0 Å². The third kappa shape index (κ3) is 5.17. The van der Waals surface area contributed by atoms with Crippen LogP contribution in [0.25, 0.3) is 6.08 Å². The first kappa shape index (κ1) is 19.1. The number of hydrogen-bond acceptors (Lipinski definition) is 2. The Kier molecular flexibility index (Phi) is 6.37. The van der Waals surface area contributed by atoms with Gasteiger partial charge in [-0.25, -0.2) is 0 Å². The van der Waals surface area contributed by atoms with Crippen LogP contribution in [0.3, 0.4) is 0 Å². The second-order valence-corrected chi connectivity index (χ2v) is 6.39. The van der Waals surface area contributed by atoms with E-state index in [2.05, 4.69) is 10.6 Å². The number of hydrogen-bond donors (Lipinski definition) is 2. The quantitative estimate of drug-likeness (QED) is 0.634. The maximum absolute atomic E-state index is 12.9. The Morgan fingerprint density at radius 2 is 1.32 bits per heavy atom. The number of carbonyl (C=O) groups is 2. The van der Waals surface area contributed by atoms with Crippen LogP contribution in [0.2, 0.25) is 0 Å². The van der Waals surface area contributed by atoms with Gasteiger partial charge in [0.15, 0.2) is 0 Å². The van der Waals surface area contributed by atoms with Crippen LogP contribution < -0.4 is 10.6 Å². The molecule has 0 bridgehead atoms. The van der Waals surface area contributed by atoms with Crippen molar-refractivity contribution < 1.29 is 9.59 Å². The van der Waals surface area contributed by atoms with E-state index < -0.39 is 0 Å². The number of benzene rings is 3. The van der Waals surface area contributed by atoms with Gasteiger partial charge < -0.3 is 10.6 Å². The lowest BCUT2D eigenvalue weighted by Gasteiger charge is -2.16. The molecule has 0 spiro atoms. The van der Waals surface area contributed by atoms with Gasteiger partial charge in [0, 0.05) is 5.56 Å². The molecule has 0 fully saturated rings. The molecule has 0 heterocycles. The van der Waals surface area contributed by atoms with Crippen molar-refractivity contribution >= 4 is 17.9 Å². The van der Waals surface area contributed by atoms with E-state index >= 15 is 0 Å². The van der Waals surface area contributed by atoms with E-state index in [9.17, 15) is 9.59 Å². The SMILES string of the molecule is C[C@H](NC(=O)/C(=C/c1ccccc1)NC(=O)c1ccccc1)c1ccccc1. The van der Waals surface area contributed by atoms with Crippen molar-refractivity contribution in [3.05, 3.63) is 113 Å². The highest BCUT2D eigenvalue weighted by molar-refractivity contribution is 6.05. The summed E-state index contributed by atoms with van der Waals surface area (Å²) in [4.78, 5) is 25.5. The molecule has 140 valence electrons. The van der Waals surface area contributed by atoms with Crippen molar-refractivity contribution in [3.8, 4) is 0 Å². The molecule has 4 heteroatoms. The Morgan fingerprint density at radius 1 is 0.786 bits per heavy atom. The summed E-state index contributed by atoms with van der Waals surface area (Å²) < 4.78 is 0. The molecular formula is C24H22N2O2. The molecule has 28 heavy (non-hydrogen) atoms. The minimum Gasteiger partial charge on any atom is -0.344 e. The highest BCUT2D eigenvalue weighted by Gasteiger charge is 2.17. The molecule has 0 unspecified atom stereocenters. The van der Waals surface area contributed by atoms with Crippen molar-refractivity contribution in [2.45, 2.75) is 13.0 Å². The van der Waals surface area contributed by atoms with E-state index in [1.54, 1.807) is 30.3 Å². The third-order valence-corrected chi connectivity index (χ3v) is 4.29. The molecule has 3 aromatic carbocycles. The maximum atomic E-state index is 12.9. The first-order valence-electron chi connectivity index (χ1n) is 9.12. The van der Waals surface area contributed by atoms with E-state index in [1.165, 1.54) is 0 Å². The van der Waals surface area contributed by atoms with Gasteiger partial charge in [-0.1, -0.05) is 78.9 Å². The van der Waals surface area contributed by atoms with Gasteiger partial charge in [0.05, 0.1) is 6.04 Å². The fraction of sp³-hybridized carbons (Fsp3) is 0.0833. The Hall–Kier alpha value is -3.66. The fourth-order valence-electron chi connectivity index (χ4n) is 2.76. The van der Waals surface area contributed by atoms with Crippen LogP contribution >= 0.6 is 0 Å². The predicted octanol–water partition coefficient (Wildman–Crippen LogP) is 4.33. The third-order valence-electron chi connectivity index (χ3n) is 4.29. The van der Waals surface area contributed by atoms with Crippen LogP contribution in [0, 0.1) is 0 Å². The minimum atomic E-state index is -0.343. The van der Waals surface area contributed by atoms with Gasteiger partial charge in [0.1, 0.15) is 5.70 Å². The lowest BCUT2D eigenvalue weighted by atomic mass is 10.1. The molecule has 0 aliphatic carbocycles. The number of carbonyl (C=O) groups excluding carboxylic acids is 2. The van der Waals surface area contributed by atoms with Gasteiger partial charge in [-0.2, -0.15) is 0 Å². The molecule has 4 nitrogen and oxygen atoms in total. The summed E-state index contributed by atoms with van der Waals surface area (Å²) in [6.45, 7) is 1.91. The van der Waals surface area contributed by atoms with Crippen LogP contribution in [0.5, 0.6) is 0 Å². The first-order valence-corrected chi connectivity index (χ1v) is 9.12. The van der Waals surface area contributed by atoms with Crippen LogP contribution in [-0.2, 0) is 4.79 Å². The lowest BCUT2D eigenvalue weighted by Crippen LogP contribution is -2.36. The molecule has 0 aromatic heterocycles. The predicted molar refractivity (Wildman–Crippen MR) is 111 cm³/mol. The van der Waals surface area contributed by atoms with E-state index in [4.69, 9.17) is 0 Å². The Balaban J connectivity index is 1.82. The van der Waals surface area contributed by atoms with Crippen molar-refractivity contribution in [2.24, 2.45) is 0 Å². The number of rotatable bonds is 6. The molecule has 3 rings (SSSR count). The summed E-state index contributed by atoms with van der Waals surface area (Å²) in [5, 5.41) is 5.70. The normalized spacial score (nSPS) is 12.1. The summed E-state index contributed by atoms with van der Waals surface area (Å²) >= 11 is 0. The van der Waals surface area contributed by atoms with E-state index in [1.807, 2.05) is 73.7 Å². The van der Waals surface area contributed by atoms with E-state index in [-0.39, 0.29) is 23.6 Å². The average Bonchev–Trinajstić information content (AvgIpc) is 2.75. The number of nitrogens with one attached hydrogen (secondary N) is 2. The second kappa shape index (κ2) is 9.33. The summed E-state index contributed by atoms with van der Waals surface area (Å²) in [5.41, 5.74) is 2.51. The highest BCUT2D eigenvalue weighted by Crippen LogP contribution is 2.13. The van der Waals surface area contributed by atoms with Gasteiger partial charge in [-0.3, -0.25) is 9.59 Å².